The summed E-state index contributed by atoms with van der Waals surface area (Å²) < 4.78 is 11.2. The summed E-state index contributed by atoms with van der Waals surface area (Å²) in [5.74, 6) is 1.80. The Morgan fingerprint density at radius 2 is 1.89 bits per heavy atom. The van der Waals surface area contributed by atoms with Gasteiger partial charge < -0.3 is 9.47 Å². The Kier molecular flexibility index (Phi) is 5.02. The van der Waals surface area contributed by atoms with Gasteiger partial charge in [0, 0.05) is 18.9 Å². The van der Waals surface area contributed by atoms with Gasteiger partial charge in [0.15, 0.2) is 6.29 Å². The molecular weight excluding hydrogens is 240 g/mol. The van der Waals surface area contributed by atoms with E-state index in [0.717, 1.165) is 12.8 Å². The number of fused-ring (bicyclic) bond motifs is 2. The van der Waals surface area contributed by atoms with Crippen molar-refractivity contribution in [2.75, 3.05) is 7.11 Å². The van der Waals surface area contributed by atoms with Crippen molar-refractivity contribution in [2.45, 2.75) is 65.3 Å². The molecule has 0 spiro atoms. The molecule has 6 unspecified atom stereocenters. The highest BCUT2D eigenvalue weighted by molar-refractivity contribution is 5.85. The van der Waals surface area contributed by atoms with E-state index in [0.29, 0.717) is 23.5 Å². The molecule has 0 N–H and O–H groups in total. The lowest BCUT2D eigenvalue weighted by molar-refractivity contribution is -0.139. The van der Waals surface area contributed by atoms with Crippen molar-refractivity contribution in [1.29, 1.82) is 0 Å². The van der Waals surface area contributed by atoms with E-state index in [9.17, 15) is 4.79 Å². The lowest BCUT2D eigenvalue weighted by Gasteiger charge is -2.40. The topological polar surface area (TPSA) is 35.5 Å². The van der Waals surface area contributed by atoms with Crippen LogP contribution in [0, 0.1) is 23.7 Å². The molecule has 0 amide bonds. The molecule has 1 heterocycles. The van der Waals surface area contributed by atoms with Crippen molar-refractivity contribution >= 4 is 5.78 Å². The van der Waals surface area contributed by atoms with E-state index < -0.39 is 0 Å². The third-order valence-electron chi connectivity index (χ3n) is 5.08. The van der Waals surface area contributed by atoms with Gasteiger partial charge in [0.05, 0.1) is 12.0 Å². The normalized spacial score (nSPS) is 44.9. The Balaban J connectivity index is 0.000000637. The van der Waals surface area contributed by atoms with E-state index in [1.54, 1.807) is 7.11 Å². The monoisotopic (exact) mass is 268 g/mol. The van der Waals surface area contributed by atoms with Crippen molar-refractivity contribution in [2.24, 2.45) is 23.7 Å². The molecule has 0 bridgehead atoms. The Hall–Kier alpha value is -0.410. The fraction of sp³-hybridized carbons (Fsp3) is 0.938. The van der Waals surface area contributed by atoms with Crippen LogP contribution in [-0.4, -0.2) is 25.3 Å². The average molecular weight is 268 g/mol. The van der Waals surface area contributed by atoms with Gasteiger partial charge in [0.25, 0.3) is 0 Å². The SMILES string of the molecule is CC.COC1OC(C)C2C(=O)C3CCCCC3CC12. The zero-order chi connectivity index (χ0) is 14.0. The van der Waals surface area contributed by atoms with Gasteiger partial charge in [0.2, 0.25) is 0 Å². The second kappa shape index (κ2) is 6.36. The molecule has 6 atom stereocenters. The number of ketones is 1. The minimum atomic E-state index is -0.151. The molecule has 1 saturated heterocycles. The predicted molar refractivity (Wildman–Crippen MR) is 74.7 cm³/mol. The highest BCUT2D eigenvalue weighted by atomic mass is 16.7. The lowest BCUT2D eigenvalue weighted by atomic mass is 9.62. The maximum absolute atomic E-state index is 12.6. The largest absolute Gasteiger partial charge is 0.356 e. The maximum atomic E-state index is 12.6. The number of carbonyl (C=O) groups is 1. The van der Waals surface area contributed by atoms with E-state index in [4.69, 9.17) is 9.47 Å². The summed E-state index contributed by atoms with van der Waals surface area (Å²) in [5, 5.41) is 0. The predicted octanol–water partition coefficient (Wildman–Crippen LogP) is 3.42. The fourth-order valence-corrected chi connectivity index (χ4v) is 4.31. The molecule has 3 fully saturated rings. The number of hydrogen-bond acceptors (Lipinski definition) is 3. The summed E-state index contributed by atoms with van der Waals surface area (Å²) in [6.07, 6.45) is 5.88. The zero-order valence-electron chi connectivity index (χ0n) is 12.7. The smallest absolute Gasteiger partial charge is 0.161 e. The maximum Gasteiger partial charge on any atom is 0.161 e. The first-order valence-corrected chi connectivity index (χ1v) is 7.94. The summed E-state index contributed by atoms with van der Waals surface area (Å²) >= 11 is 0. The number of ether oxygens (including phenoxy) is 2. The first kappa shape index (κ1) is 15.0. The van der Waals surface area contributed by atoms with Crippen LogP contribution in [0.15, 0.2) is 0 Å². The van der Waals surface area contributed by atoms with Crippen LogP contribution in [0.5, 0.6) is 0 Å². The van der Waals surface area contributed by atoms with Crippen molar-refractivity contribution in [3.63, 3.8) is 0 Å². The van der Waals surface area contributed by atoms with E-state index in [-0.39, 0.29) is 18.3 Å². The second-order valence-corrected chi connectivity index (χ2v) is 5.92. The summed E-state index contributed by atoms with van der Waals surface area (Å²) in [7, 11) is 1.69. The van der Waals surface area contributed by atoms with Gasteiger partial charge in [-0.15, -0.1) is 0 Å². The van der Waals surface area contributed by atoms with E-state index >= 15 is 0 Å². The highest BCUT2D eigenvalue weighted by Gasteiger charge is 2.53. The van der Waals surface area contributed by atoms with Gasteiger partial charge >= 0.3 is 0 Å². The quantitative estimate of drug-likeness (QED) is 0.731. The van der Waals surface area contributed by atoms with E-state index in [1.807, 2.05) is 20.8 Å². The molecule has 3 rings (SSSR count). The standard InChI is InChI=1S/C14H22O3.C2H6/c1-8-12-11(14(16-2)17-8)7-9-5-3-4-6-10(9)13(12)15;1-2/h8-12,14H,3-7H2,1-2H3;1-2H3. The summed E-state index contributed by atoms with van der Waals surface area (Å²) in [6, 6.07) is 0. The van der Waals surface area contributed by atoms with Gasteiger partial charge in [-0.05, 0) is 32.1 Å². The van der Waals surface area contributed by atoms with Gasteiger partial charge in [-0.3, -0.25) is 4.79 Å². The van der Waals surface area contributed by atoms with E-state index in [1.165, 1.54) is 19.3 Å². The Morgan fingerprint density at radius 1 is 1.21 bits per heavy atom. The third kappa shape index (κ3) is 2.59. The van der Waals surface area contributed by atoms with Gasteiger partial charge in [-0.1, -0.05) is 26.7 Å². The molecule has 2 saturated carbocycles. The summed E-state index contributed by atoms with van der Waals surface area (Å²) in [6.45, 7) is 6.03. The van der Waals surface area contributed by atoms with Crippen LogP contribution in [0.2, 0.25) is 0 Å². The molecule has 3 heteroatoms. The van der Waals surface area contributed by atoms with Crippen LogP contribution in [0.25, 0.3) is 0 Å². The van der Waals surface area contributed by atoms with Gasteiger partial charge in [-0.25, -0.2) is 0 Å². The molecule has 3 aliphatic rings. The summed E-state index contributed by atoms with van der Waals surface area (Å²) in [5.41, 5.74) is 0. The molecule has 19 heavy (non-hydrogen) atoms. The van der Waals surface area contributed by atoms with Gasteiger partial charge in [-0.2, -0.15) is 0 Å². The second-order valence-electron chi connectivity index (χ2n) is 5.92. The Bertz CT molecular complexity index is 315. The van der Waals surface area contributed by atoms with Crippen LogP contribution in [-0.2, 0) is 14.3 Å². The molecule has 0 aromatic carbocycles. The van der Waals surface area contributed by atoms with Crippen LogP contribution in [0.3, 0.4) is 0 Å². The average Bonchev–Trinajstić information content (AvgIpc) is 2.78. The molecular formula is C16H28O3. The van der Waals surface area contributed by atoms with Crippen molar-refractivity contribution in [3.05, 3.63) is 0 Å². The number of methoxy groups -OCH3 is 1. The summed E-state index contributed by atoms with van der Waals surface area (Å²) in [4.78, 5) is 12.6. The first-order valence-electron chi connectivity index (χ1n) is 7.94. The highest BCUT2D eigenvalue weighted by Crippen LogP contribution is 2.49. The third-order valence-corrected chi connectivity index (χ3v) is 5.08. The number of carbonyl (C=O) groups excluding carboxylic acids is 1. The van der Waals surface area contributed by atoms with Crippen molar-refractivity contribution in [1.82, 2.24) is 0 Å². The Labute approximate surface area is 117 Å². The number of Topliss-reactive ketones (excluding diaryl/α,β-unsaturated/α-hetero) is 1. The molecule has 2 aliphatic carbocycles. The first-order chi connectivity index (χ1) is 9.22. The zero-order valence-corrected chi connectivity index (χ0v) is 12.7. The number of rotatable bonds is 1. The molecule has 0 aromatic rings. The molecule has 0 radical (unpaired) electrons. The van der Waals surface area contributed by atoms with Crippen molar-refractivity contribution in [3.8, 4) is 0 Å². The van der Waals surface area contributed by atoms with Crippen LogP contribution in [0.1, 0.15) is 52.9 Å². The van der Waals surface area contributed by atoms with Crippen molar-refractivity contribution < 1.29 is 14.3 Å². The fourth-order valence-electron chi connectivity index (χ4n) is 4.31. The lowest BCUT2D eigenvalue weighted by Crippen LogP contribution is -2.44. The molecule has 110 valence electrons. The van der Waals surface area contributed by atoms with E-state index in [2.05, 4.69) is 0 Å². The number of hydrogen-bond donors (Lipinski definition) is 0. The minimum Gasteiger partial charge on any atom is -0.356 e. The van der Waals surface area contributed by atoms with Crippen LogP contribution < -0.4 is 0 Å². The van der Waals surface area contributed by atoms with Crippen LogP contribution >= 0.6 is 0 Å². The molecule has 1 aliphatic heterocycles. The molecule has 3 nitrogen and oxygen atoms in total. The van der Waals surface area contributed by atoms with Crippen LogP contribution in [0.4, 0.5) is 0 Å². The van der Waals surface area contributed by atoms with Gasteiger partial charge in [0.1, 0.15) is 5.78 Å². The Morgan fingerprint density at radius 3 is 2.58 bits per heavy atom. The minimum absolute atomic E-state index is 0.0420. The molecule has 0 aromatic heterocycles.